The zero-order valence-corrected chi connectivity index (χ0v) is 31.2. The molecule has 3 heterocycles. The fourth-order valence-electron chi connectivity index (χ4n) is 9.45. The number of fused-ring (bicyclic) bond motifs is 7. The molecule has 1 atom stereocenters. The molecule has 0 radical (unpaired) electrons. The van der Waals surface area contributed by atoms with Crippen molar-refractivity contribution in [1.82, 2.24) is 0 Å². The molecule has 2 aliphatic heterocycles. The molecular weight excluding hydrogens is 655 g/mol. The Balaban J connectivity index is 1.21. The Bertz CT molecular complexity index is 2690. The van der Waals surface area contributed by atoms with Crippen molar-refractivity contribution >= 4 is 79.2 Å². The number of para-hydroxylation sites is 5. The first-order valence-electron chi connectivity index (χ1n) is 19.6. The van der Waals surface area contributed by atoms with E-state index in [1.807, 2.05) is 0 Å². The van der Waals surface area contributed by atoms with Crippen LogP contribution in [0.3, 0.4) is 0 Å². The molecule has 10 rings (SSSR count). The van der Waals surface area contributed by atoms with Gasteiger partial charge in [-0.2, -0.15) is 0 Å². The van der Waals surface area contributed by atoms with Gasteiger partial charge in [0.2, 0.25) is 0 Å². The van der Waals surface area contributed by atoms with Gasteiger partial charge in [-0.1, -0.05) is 142 Å². The minimum Gasteiger partial charge on any atom is -0.456 e. The van der Waals surface area contributed by atoms with Crippen LogP contribution < -0.4 is 26.2 Å². The van der Waals surface area contributed by atoms with Crippen molar-refractivity contribution in [2.45, 2.75) is 52.4 Å². The minimum atomic E-state index is 0.102. The number of nitrogens with zero attached hydrogens (tertiary/aromatic N) is 2. The van der Waals surface area contributed by atoms with E-state index in [0.29, 0.717) is 5.92 Å². The highest BCUT2D eigenvalue weighted by Gasteiger charge is 2.43. The van der Waals surface area contributed by atoms with Gasteiger partial charge >= 0.3 is 0 Å². The Kier molecular flexibility index (Phi) is 7.94. The summed E-state index contributed by atoms with van der Waals surface area (Å²) in [6.45, 7) is 7.00. The fraction of sp³-hybridized carbons (Fsp3) is 0.160. The molecule has 7 aromatic carbocycles. The molecule has 0 fully saturated rings. The average Bonchev–Trinajstić information content (AvgIpc) is 3.61. The highest BCUT2D eigenvalue weighted by molar-refractivity contribution is 7.00. The monoisotopic (exact) mass is 698 g/mol. The summed E-state index contributed by atoms with van der Waals surface area (Å²) in [6, 6.07) is 55.8. The van der Waals surface area contributed by atoms with Gasteiger partial charge in [0.1, 0.15) is 11.2 Å². The van der Waals surface area contributed by atoms with E-state index >= 15 is 0 Å². The van der Waals surface area contributed by atoms with Crippen LogP contribution in [-0.2, 0) is 0 Å². The Morgan fingerprint density at radius 2 is 1.26 bits per heavy atom. The largest absolute Gasteiger partial charge is 0.456 e. The molecule has 0 N–H and O–H groups in total. The number of hydrogen-bond acceptors (Lipinski definition) is 3. The molecule has 0 saturated carbocycles. The van der Waals surface area contributed by atoms with Crippen molar-refractivity contribution in [3.05, 3.63) is 163 Å². The van der Waals surface area contributed by atoms with E-state index in [1.54, 1.807) is 0 Å². The first-order valence-corrected chi connectivity index (χ1v) is 19.6. The molecule has 262 valence electrons. The van der Waals surface area contributed by atoms with E-state index in [9.17, 15) is 0 Å². The standard InChI is InChI=1S/C50H43BN2O/c1-4-5-7-18-33(2)36-23-15-25-39-47-38(24-16-32-46(47)54-50(36)39)37-22-10-12-28-42(37)53-45-31-17-30-44-48(45)51(41-27-14-19-34(3)49(41)53)40-26-11-13-29-43(40)52(44)35-20-8-6-9-21-35/h6,8-17,19-33H,4-5,7,18H2,1-3H3. The number of benzene rings is 7. The summed E-state index contributed by atoms with van der Waals surface area (Å²) in [4.78, 5) is 5.00. The van der Waals surface area contributed by atoms with Gasteiger partial charge in [-0.15, -0.1) is 0 Å². The van der Waals surface area contributed by atoms with Crippen molar-refractivity contribution in [2.24, 2.45) is 0 Å². The van der Waals surface area contributed by atoms with Crippen LogP contribution in [0.5, 0.6) is 0 Å². The van der Waals surface area contributed by atoms with Crippen LogP contribution in [0.4, 0.5) is 34.1 Å². The summed E-state index contributed by atoms with van der Waals surface area (Å²) in [5.41, 5.74) is 18.2. The second-order valence-electron chi connectivity index (χ2n) is 15.1. The molecular formula is C50H43BN2O. The number of furan rings is 1. The molecule has 0 bridgehead atoms. The average molecular weight is 699 g/mol. The number of hydrogen-bond donors (Lipinski definition) is 0. The molecule has 1 aromatic heterocycles. The van der Waals surface area contributed by atoms with Crippen molar-refractivity contribution in [1.29, 1.82) is 0 Å². The lowest BCUT2D eigenvalue weighted by molar-refractivity contribution is 0.588. The normalized spacial score (nSPS) is 13.6. The zero-order valence-electron chi connectivity index (χ0n) is 31.2. The Morgan fingerprint density at radius 1 is 0.593 bits per heavy atom. The van der Waals surface area contributed by atoms with Crippen LogP contribution in [0.15, 0.2) is 156 Å². The van der Waals surface area contributed by atoms with Crippen molar-refractivity contribution < 1.29 is 4.42 Å². The summed E-state index contributed by atoms with van der Waals surface area (Å²) in [5.74, 6) is 0.433. The lowest BCUT2D eigenvalue weighted by Gasteiger charge is -2.44. The van der Waals surface area contributed by atoms with Crippen LogP contribution in [0, 0.1) is 6.92 Å². The summed E-state index contributed by atoms with van der Waals surface area (Å²) in [6.07, 6.45) is 4.91. The van der Waals surface area contributed by atoms with Crippen LogP contribution in [0.2, 0.25) is 0 Å². The van der Waals surface area contributed by atoms with E-state index in [1.165, 1.54) is 97.8 Å². The lowest BCUT2D eigenvalue weighted by Crippen LogP contribution is -2.61. The van der Waals surface area contributed by atoms with Gasteiger partial charge < -0.3 is 14.2 Å². The van der Waals surface area contributed by atoms with E-state index in [2.05, 4.69) is 182 Å². The maximum absolute atomic E-state index is 6.81. The van der Waals surface area contributed by atoms with Gasteiger partial charge in [-0.25, -0.2) is 0 Å². The molecule has 3 nitrogen and oxygen atoms in total. The number of aryl methyl sites for hydroxylation is 1. The molecule has 8 aromatic rings. The summed E-state index contributed by atoms with van der Waals surface area (Å²) in [5, 5.41) is 2.37. The molecule has 0 spiro atoms. The number of rotatable bonds is 8. The first-order chi connectivity index (χ1) is 26.6. The van der Waals surface area contributed by atoms with Gasteiger partial charge in [0.25, 0.3) is 6.71 Å². The number of anilines is 6. The van der Waals surface area contributed by atoms with Gasteiger partial charge in [0, 0.05) is 44.8 Å². The van der Waals surface area contributed by atoms with Crippen LogP contribution in [-0.4, -0.2) is 6.71 Å². The van der Waals surface area contributed by atoms with Crippen LogP contribution in [0.1, 0.15) is 56.6 Å². The molecule has 4 heteroatoms. The smallest absolute Gasteiger partial charge is 0.252 e. The molecule has 0 saturated heterocycles. The maximum Gasteiger partial charge on any atom is 0.252 e. The Labute approximate surface area is 318 Å². The van der Waals surface area contributed by atoms with Crippen LogP contribution >= 0.6 is 0 Å². The molecule has 0 amide bonds. The molecule has 0 aliphatic carbocycles. The van der Waals surface area contributed by atoms with Gasteiger partial charge in [0.15, 0.2) is 0 Å². The molecule has 1 unspecified atom stereocenters. The third-order valence-corrected chi connectivity index (χ3v) is 11.9. The zero-order chi connectivity index (χ0) is 36.3. The predicted molar refractivity (Wildman–Crippen MR) is 230 cm³/mol. The van der Waals surface area contributed by atoms with E-state index in [-0.39, 0.29) is 6.71 Å². The van der Waals surface area contributed by atoms with Crippen molar-refractivity contribution in [3.8, 4) is 11.1 Å². The van der Waals surface area contributed by atoms with Gasteiger partial charge in [-0.05, 0) is 94.8 Å². The van der Waals surface area contributed by atoms with E-state index < -0.39 is 0 Å². The SMILES string of the molecule is CCCCCC(C)c1cccc2c1oc1cccc(-c3ccccc3N3c4cccc5c4B(c4ccccc4N5c4ccccc4)c4cccc(C)c43)c12. The predicted octanol–water partition coefficient (Wildman–Crippen LogP) is 12.3. The molecule has 2 aliphatic rings. The van der Waals surface area contributed by atoms with E-state index in [4.69, 9.17) is 4.42 Å². The third-order valence-electron chi connectivity index (χ3n) is 11.9. The number of unbranched alkanes of at least 4 members (excludes halogenated alkanes) is 2. The quantitative estimate of drug-likeness (QED) is 0.116. The van der Waals surface area contributed by atoms with Crippen LogP contribution in [0.25, 0.3) is 33.1 Å². The summed E-state index contributed by atoms with van der Waals surface area (Å²) < 4.78 is 6.81. The van der Waals surface area contributed by atoms with E-state index in [0.717, 1.165) is 22.5 Å². The topological polar surface area (TPSA) is 19.6 Å². The van der Waals surface area contributed by atoms with Crippen molar-refractivity contribution in [2.75, 3.05) is 9.80 Å². The highest BCUT2D eigenvalue weighted by atomic mass is 16.3. The Hall–Kier alpha value is -6.00. The second kappa shape index (κ2) is 13.1. The summed E-state index contributed by atoms with van der Waals surface area (Å²) >= 11 is 0. The van der Waals surface area contributed by atoms with Gasteiger partial charge in [0.05, 0.1) is 5.69 Å². The fourth-order valence-corrected chi connectivity index (χ4v) is 9.45. The Morgan fingerprint density at radius 3 is 2.11 bits per heavy atom. The second-order valence-corrected chi connectivity index (χ2v) is 15.1. The maximum atomic E-state index is 6.81. The highest BCUT2D eigenvalue weighted by Crippen LogP contribution is 2.49. The first kappa shape index (κ1) is 32.6. The minimum absolute atomic E-state index is 0.102. The lowest BCUT2D eigenvalue weighted by atomic mass is 9.33. The third kappa shape index (κ3) is 4.96. The van der Waals surface area contributed by atoms with Gasteiger partial charge in [-0.3, -0.25) is 0 Å². The summed E-state index contributed by atoms with van der Waals surface area (Å²) in [7, 11) is 0. The molecule has 54 heavy (non-hydrogen) atoms. The van der Waals surface area contributed by atoms with Crippen molar-refractivity contribution in [3.63, 3.8) is 0 Å².